The minimum atomic E-state index is -3.89. The number of aromatic nitrogens is 2. The van der Waals surface area contributed by atoms with E-state index in [2.05, 4.69) is 28.5 Å². The number of sulfonamides is 1. The summed E-state index contributed by atoms with van der Waals surface area (Å²) in [6, 6.07) is 11.2. The summed E-state index contributed by atoms with van der Waals surface area (Å²) in [6.07, 6.45) is 5.47. The van der Waals surface area contributed by atoms with Crippen LogP contribution in [0.5, 0.6) is 0 Å². The fraction of sp³-hybridized carbons (Fsp3) is 0.400. The topological polar surface area (TPSA) is 112 Å². The van der Waals surface area contributed by atoms with Gasteiger partial charge >= 0.3 is 0 Å². The predicted octanol–water partition coefficient (Wildman–Crippen LogP) is 3.69. The number of nitrogens with zero attached hydrogens (tertiary/aromatic N) is 3. The predicted molar refractivity (Wildman–Crippen MR) is 131 cm³/mol. The highest BCUT2D eigenvalue weighted by molar-refractivity contribution is 7.93. The van der Waals surface area contributed by atoms with Gasteiger partial charge in [-0.1, -0.05) is 19.9 Å². The fourth-order valence-corrected chi connectivity index (χ4v) is 5.96. The average Bonchev–Trinajstić information content (AvgIpc) is 2.83. The number of para-hydroxylation sites is 1. The zero-order valence-electron chi connectivity index (χ0n) is 19.4. The van der Waals surface area contributed by atoms with Gasteiger partial charge in [-0.25, -0.2) is 8.42 Å². The second-order valence-corrected chi connectivity index (χ2v) is 11.1. The van der Waals surface area contributed by atoms with Crippen LogP contribution in [-0.2, 0) is 10.0 Å². The lowest BCUT2D eigenvalue weighted by molar-refractivity contribution is 0.0247. The van der Waals surface area contributed by atoms with Crippen LogP contribution >= 0.6 is 0 Å². The van der Waals surface area contributed by atoms with E-state index in [0.29, 0.717) is 41.3 Å². The SMILES string of the molecule is CC(C)CC1(CO)CCN(C(=O)c2ccc(NS(=O)(=O)c3cccc4nccnc34)cc2)CC1. The van der Waals surface area contributed by atoms with Crippen molar-refractivity contribution in [2.45, 2.75) is 38.0 Å². The lowest BCUT2D eigenvalue weighted by Crippen LogP contribution is -2.45. The Morgan fingerprint density at radius 1 is 1.09 bits per heavy atom. The fourth-order valence-electron chi connectivity index (χ4n) is 4.73. The number of carbonyl (C=O) groups is 1. The first-order valence-corrected chi connectivity index (χ1v) is 12.9. The van der Waals surface area contributed by atoms with E-state index in [0.717, 1.165) is 19.3 Å². The standard InChI is InChI=1S/C25H30N4O4S/c1-18(2)16-25(17-30)10-14-29(15-11-25)24(31)19-6-8-20(9-7-19)28-34(32,33)22-5-3-4-21-23(22)27-13-12-26-21/h3-9,12-13,18,28,30H,10-11,14-17H2,1-2H3. The van der Waals surface area contributed by atoms with E-state index in [4.69, 9.17) is 0 Å². The summed E-state index contributed by atoms with van der Waals surface area (Å²) in [7, 11) is -3.89. The normalized spacial score (nSPS) is 16.1. The molecule has 4 rings (SSSR count). The quantitative estimate of drug-likeness (QED) is 0.531. The van der Waals surface area contributed by atoms with Crippen molar-refractivity contribution in [2.75, 3.05) is 24.4 Å². The first-order chi connectivity index (χ1) is 16.2. The molecule has 1 aliphatic rings. The molecule has 0 bridgehead atoms. The van der Waals surface area contributed by atoms with E-state index in [1.54, 1.807) is 36.4 Å². The van der Waals surface area contributed by atoms with Crippen molar-refractivity contribution in [2.24, 2.45) is 11.3 Å². The molecule has 1 amide bonds. The van der Waals surface area contributed by atoms with E-state index in [1.807, 2.05) is 4.90 Å². The number of nitrogens with one attached hydrogen (secondary N) is 1. The molecule has 8 nitrogen and oxygen atoms in total. The third-order valence-electron chi connectivity index (χ3n) is 6.42. The van der Waals surface area contributed by atoms with Gasteiger partial charge in [-0.3, -0.25) is 19.5 Å². The minimum absolute atomic E-state index is 0.0420. The smallest absolute Gasteiger partial charge is 0.264 e. The number of anilines is 1. The first kappa shape index (κ1) is 24.1. The average molecular weight is 483 g/mol. The van der Waals surface area contributed by atoms with Crippen LogP contribution in [-0.4, -0.2) is 54.0 Å². The number of benzene rings is 2. The summed E-state index contributed by atoms with van der Waals surface area (Å²) in [4.78, 5) is 23.2. The molecule has 2 N–H and O–H groups in total. The van der Waals surface area contributed by atoms with Gasteiger partial charge in [0.1, 0.15) is 10.4 Å². The number of piperidine rings is 1. The Balaban J connectivity index is 1.45. The van der Waals surface area contributed by atoms with Crippen molar-refractivity contribution in [1.82, 2.24) is 14.9 Å². The number of amides is 1. The minimum Gasteiger partial charge on any atom is -0.396 e. The van der Waals surface area contributed by atoms with Crippen molar-refractivity contribution in [1.29, 1.82) is 0 Å². The van der Waals surface area contributed by atoms with Crippen LogP contribution in [0, 0.1) is 11.3 Å². The summed E-state index contributed by atoms with van der Waals surface area (Å²) in [6.45, 7) is 5.65. The molecular formula is C25H30N4O4S. The van der Waals surface area contributed by atoms with Crippen LogP contribution in [0.1, 0.15) is 43.5 Å². The van der Waals surface area contributed by atoms with Gasteiger partial charge in [-0.2, -0.15) is 0 Å². The van der Waals surface area contributed by atoms with Gasteiger partial charge in [0.2, 0.25) is 0 Å². The number of carbonyl (C=O) groups excluding carboxylic acids is 1. The second-order valence-electron chi connectivity index (χ2n) is 9.41. The van der Waals surface area contributed by atoms with E-state index >= 15 is 0 Å². The van der Waals surface area contributed by atoms with Crippen molar-refractivity contribution in [3.05, 3.63) is 60.4 Å². The lowest BCUT2D eigenvalue weighted by Gasteiger charge is -2.41. The van der Waals surface area contributed by atoms with Gasteiger partial charge in [-0.05, 0) is 67.0 Å². The van der Waals surface area contributed by atoms with Crippen molar-refractivity contribution in [3.8, 4) is 0 Å². The Hall–Kier alpha value is -3.04. The second kappa shape index (κ2) is 9.68. The summed E-state index contributed by atoms with van der Waals surface area (Å²) in [5.41, 5.74) is 1.53. The molecule has 1 fully saturated rings. The highest BCUT2D eigenvalue weighted by atomic mass is 32.2. The molecule has 2 heterocycles. The lowest BCUT2D eigenvalue weighted by atomic mass is 9.73. The van der Waals surface area contributed by atoms with Gasteiger partial charge in [0, 0.05) is 43.3 Å². The van der Waals surface area contributed by atoms with E-state index in [-0.39, 0.29) is 22.8 Å². The van der Waals surface area contributed by atoms with Crippen molar-refractivity contribution in [3.63, 3.8) is 0 Å². The Kier molecular flexibility index (Phi) is 6.86. The van der Waals surface area contributed by atoms with Gasteiger partial charge in [0.15, 0.2) is 0 Å². The Labute approximate surface area is 200 Å². The van der Waals surface area contributed by atoms with Gasteiger partial charge in [0.05, 0.1) is 5.52 Å². The number of hydrogen-bond donors (Lipinski definition) is 2. The van der Waals surface area contributed by atoms with Gasteiger partial charge in [0.25, 0.3) is 15.9 Å². The number of aliphatic hydroxyl groups excluding tert-OH is 1. The molecule has 1 saturated heterocycles. The Morgan fingerprint density at radius 3 is 2.41 bits per heavy atom. The summed E-state index contributed by atoms with van der Waals surface area (Å²) in [5, 5.41) is 9.93. The number of likely N-dealkylation sites (tertiary alicyclic amines) is 1. The molecule has 9 heteroatoms. The van der Waals surface area contributed by atoms with E-state index in [9.17, 15) is 18.3 Å². The van der Waals surface area contributed by atoms with Crippen LogP contribution in [0.2, 0.25) is 0 Å². The third-order valence-corrected chi connectivity index (χ3v) is 7.84. The molecule has 1 aromatic heterocycles. The van der Waals surface area contributed by atoms with Gasteiger partial charge < -0.3 is 10.0 Å². The molecule has 3 aromatic rings. The molecule has 0 atom stereocenters. The molecule has 180 valence electrons. The zero-order valence-corrected chi connectivity index (χ0v) is 20.3. The van der Waals surface area contributed by atoms with Crippen molar-refractivity contribution >= 4 is 32.7 Å². The van der Waals surface area contributed by atoms with Crippen LogP contribution in [0.4, 0.5) is 5.69 Å². The number of rotatable bonds is 7. The number of hydrogen-bond acceptors (Lipinski definition) is 6. The zero-order chi connectivity index (χ0) is 24.3. The van der Waals surface area contributed by atoms with Crippen LogP contribution in [0.15, 0.2) is 59.8 Å². The van der Waals surface area contributed by atoms with Gasteiger partial charge in [-0.15, -0.1) is 0 Å². The largest absolute Gasteiger partial charge is 0.396 e. The maximum absolute atomic E-state index is 13.0. The Morgan fingerprint density at radius 2 is 1.76 bits per heavy atom. The highest BCUT2D eigenvalue weighted by Crippen LogP contribution is 2.37. The molecule has 2 aromatic carbocycles. The highest BCUT2D eigenvalue weighted by Gasteiger charge is 2.36. The molecule has 0 radical (unpaired) electrons. The molecule has 0 saturated carbocycles. The van der Waals surface area contributed by atoms with E-state index in [1.165, 1.54) is 18.5 Å². The molecular weight excluding hydrogens is 452 g/mol. The molecule has 0 unspecified atom stereocenters. The molecule has 0 aliphatic carbocycles. The number of aliphatic hydroxyl groups is 1. The van der Waals surface area contributed by atoms with Crippen LogP contribution < -0.4 is 4.72 Å². The molecule has 1 aliphatic heterocycles. The molecule has 34 heavy (non-hydrogen) atoms. The maximum atomic E-state index is 13.0. The van der Waals surface area contributed by atoms with Crippen LogP contribution in [0.3, 0.4) is 0 Å². The number of fused-ring (bicyclic) bond motifs is 1. The Bertz CT molecular complexity index is 1260. The van der Waals surface area contributed by atoms with E-state index < -0.39 is 10.0 Å². The third kappa shape index (κ3) is 5.05. The van der Waals surface area contributed by atoms with Crippen LogP contribution in [0.25, 0.3) is 11.0 Å². The monoisotopic (exact) mass is 482 g/mol. The molecule has 0 spiro atoms. The first-order valence-electron chi connectivity index (χ1n) is 11.5. The maximum Gasteiger partial charge on any atom is 0.264 e. The summed E-state index contributed by atoms with van der Waals surface area (Å²) >= 11 is 0. The van der Waals surface area contributed by atoms with Crippen molar-refractivity contribution < 1.29 is 18.3 Å². The summed E-state index contributed by atoms with van der Waals surface area (Å²) in [5.74, 6) is 0.404. The summed E-state index contributed by atoms with van der Waals surface area (Å²) < 4.78 is 28.5.